The highest BCUT2D eigenvalue weighted by Gasteiger charge is 2.45. The first-order valence-electron chi connectivity index (χ1n) is 21.5. The number of nitrogens with zero attached hydrogens (tertiary/aromatic N) is 5. The van der Waals surface area contributed by atoms with Crippen molar-refractivity contribution in [2.24, 2.45) is 5.92 Å². The Balaban J connectivity index is 0.706. The molecule has 4 saturated heterocycles. The Bertz CT molecular complexity index is 2340. The Hall–Kier alpha value is -5.89. The van der Waals surface area contributed by atoms with E-state index in [-0.39, 0.29) is 35.8 Å². The molecule has 5 aliphatic rings. The second kappa shape index (κ2) is 16.6. The molecular formula is C46H51N7O7. The van der Waals surface area contributed by atoms with Gasteiger partial charge >= 0.3 is 0 Å². The van der Waals surface area contributed by atoms with Gasteiger partial charge in [-0.3, -0.25) is 43.9 Å². The number of amides is 6. The molecule has 4 fully saturated rings. The van der Waals surface area contributed by atoms with Gasteiger partial charge in [-0.25, -0.2) is 4.98 Å². The third-order valence-electron chi connectivity index (χ3n) is 13.4. The fourth-order valence-corrected chi connectivity index (χ4v) is 9.72. The molecule has 6 heterocycles. The number of anilines is 2. The minimum atomic E-state index is -0.986. The normalized spacial score (nSPS) is 21.9. The number of piperidine rings is 3. The lowest BCUT2D eigenvalue weighted by molar-refractivity contribution is -0.136. The second-order valence-corrected chi connectivity index (χ2v) is 17.1. The van der Waals surface area contributed by atoms with E-state index in [1.165, 1.54) is 18.4 Å². The summed E-state index contributed by atoms with van der Waals surface area (Å²) in [5, 5.41) is 5.24. The molecule has 2 N–H and O–H groups in total. The van der Waals surface area contributed by atoms with Crippen molar-refractivity contribution in [1.29, 1.82) is 0 Å². The molecule has 312 valence electrons. The highest BCUT2D eigenvalue weighted by atomic mass is 16.3. The van der Waals surface area contributed by atoms with Gasteiger partial charge in [0.05, 0.1) is 17.7 Å². The van der Waals surface area contributed by atoms with Crippen molar-refractivity contribution in [2.75, 3.05) is 42.9 Å². The molecular weight excluding hydrogens is 763 g/mol. The van der Waals surface area contributed by atoms with E-state index < -0.39 is 29.7 Å². The van der Waals surface area contributed by atoms with Crippen molar-refractivity contribution >= 4 is 57.9 Å². The van der Waals surface area contributed by atoms with Crippen LogP contribution in [0.5, 0.6) is 0 Å². The zero-order valence-corrected chi connectivity index (χ0v) is 34.0. The number of hydrogen-bond donors (Lipinski definition) is 2. The van der Waals surface area contributed by atoms with Crippen LogP contribution in [0.15, 0.2) is 65.1 Å². The fraction of sp³-hybridized carbons (Fsp3) is 0.457. The first-order chi connectivity index (χ1) is 29.1. The van der Waals surface area contributed by atoms with Crippen LogP contribution in [0.4, 0.5) is 11.4 Å². The number of nitrogens with one attached hydrogen (secondary N) is 2. The van der Waals surface area contributed by atoms with E-state index in [0.29, 0.717) is 66.7 Å². The standard InChI is InChI=1S/C46H51N7O7/c1-28-3-2-20-52(28)27-41-48-37-25-33(9-13-39(37)60-41)47-43(56)32-7-5-30(6-8-32)31-18-23-51(24-19-31)42(55)15-4-29-16-21-50(22-17-29)34-10-11-35-36(26-34)46(59)53(45(35)58)38-12-14-40(54)49-44(38)57/h5-11,13,25-26,28-29,31,38H,2-4,12,14-24,27H2,1H3,(H,47,56)(H,49,54,57)/t28-,38?/m0/s1. The van der Waals surface area contributed by atoms with Crippen molar-refractivity contribution in [3.05, 3.63) is 88.8 Å². The van der Waals surface area contributed by atoms with Gasteiger partial charge in [0, 0.05) is 62.0 Å². The Kier molecular flexibility index (Phi) is 11.0. The maximum Gasteiger partial charge on any atom is 0.262 e. The smallest absolute Gasteiger partial charge is 0.262 e. The van der Waals surface area contributed by atoms with Gasteiger partial charge < -0.3 is 19.5 Å². The lowest BCUT2D eigenvalue weighted by Gasteiger charge is -2.35. The largest absolute Gasteiger partial charge is 0.439 e. The van der Waals surface area contributed by atoms with E-state index in [0.717, 1.165) is 67.8 Å². The number of fused-ring (bicyclic) bond motifs is 2. The van der Waals surface area contributed by atoms with Crippen LogP contribution >= 0.6 is 0 Å². The predicted octanol–water partition coefficient (Wildman–Crippen LogP) is 5.87. The lowest BCUT2D eigenvalue weighted by atomic mass is 9.88. The fourth-order valence-electron chi connectivity index (χ4n) is 9.72. The van der Waals surface area contributed by atoms with Gasteiger partial charge in [-0.05, 0) is 131 Å². The van der Waals surface area contributed by atoms with E-state index in [2.05, 4.69) is 32.3 Å². The average Bonchev–Trinajstić information content (AvgIpc) is 3.94. The van der Waals surface area contributed by atoms with E-state index in [4.69, 9.17) is 4.42 Å². The number of likely N-dealkylation sites (tertiary alicyclic amines) is 2. The highest BCUT2D eigenvalue weighted by molar-refractivity contribution is 6.23. The third-order valence-corrected chi connectivity index (χ3v) is 13.4. The summed E-state index contributed by atoms with van der Waals surface area (Å²) in [5.41, 5.74) is 5.29. The number of hydrogen-bond acceptors (Lipinski definition) is 10. The molecule has 14 heteroatoms. The minimum absolute atomic E-state index is 0.0819. The topological polar surface area (TPSA) is 165 Å². The van der Waals surface area contributed by atoms with Gasteiger partial charge in [0.1, 0.15) is 11.6 Å². The molecule has 14 nitrogen and oxygen atoms in total. The van der Waals surface area contributed by atoms with Crippen molar-refractivity contribution in [3.63, 3.8) is 0 Å². The maximum absolute atomic E-state index is 13.3. The monoisotopic (exact) mass is 813 g/mol. The van der Waals surface area contributed by atoms with Crippen LogP contribution in [0.25, 0.3) is 11.1 Å². The van der Waals surface area contributed by atoms with Crippen LogP contribution in [-0.2, 0) is 20.9 Å². The summed E-state index contributed by atoms with van der Waals surface area (Å²) in [6, 6.07) is 18.2. The number of rotatable bonds is 10. The van der Waals surface area contributed by atoms with E-state index in [9.17, 15) is 28.8 Å². The number of oxazole rings is 1. The van der Waals surface area contributed by atoms with E-state index in [1.807, 2.05) is 53.4 Å². The number of imide groups is 2. The third kappa shape index (κ3) is 8.04. The van der Waals surface area contributed by atoms with Gasteiger partial charge in [0.15, 0.2) is 5.58 Å². The lowest BCUT2D eigenvalue weighted by Crippen LogP contribution is -2.54. The molecule has 60 heavy (non-hydrogen) atoms. The Morgan fingerprint density at radius 3 is 2.33 bits per heavy atom. The molecule has 0 saturated carbocycles. The number of carbonyl (C=O) groups is 6. The van der Waals surface area contributed by atoms with Crippen LogP contribution < -0.4 is 15.5 Å². The van der Waals surface area contributed by atoms with Gasteiger partial charge in [-0.1, -0.05) is 12.1 Å². The van der Waals surface area contributed by atoms with Crippen LogP contribution in [0.2, 0.25) is 0 Å². The first-order valence-corrected chi connectivity index (χ1v) is 21.5. The molecule has 9 rings (SSSR count). The summed E-state index contributed by atoms with van der Waals surface area (Å²) in [5.74, 6) is -0.560. The molecule has 2 atom stereocenters. The van der Waals surface area contributed by atoms with Crippen molar-refractivity contribution < 1.29 is 33.2 Å². The summed E-state index contributed by atoms with van der Waals surface area (Å²) in [4.78, 5) is 89.2. The SMILES string of the molecule is C[C@H]1CCCN1Cc1nc2cc(NC(=O)c3ccc(C4CCN(C(=O)CCC5CCN(c6ccc7c(c6)C(=O)N(C6CCC(=O)NC6=O)C7=O)CC5)CC4)cc3)ccc2o1. The predicted molar refractivity (Wildman–Crippen MR) is 223 cm³/mol. The minimum Gasteiger partial charge on any atom is -0.439 e. The Morgan fingerprint density at radius 2 is 1.60 bits per heavy atom. The molecule has 1 aromatic heterocycles. The molecule has 6 amide bonds. The summed E-state index contributed by atoms with van der Waals surface area (Å²) in [6.07, 6.45) is 7.56. The number of aromatic nitrogens is 1. The Labute approximate surface area is 348 Å². The summed E-state index contributed by atoms with van der Waals surface area (Å²) in [6.45, 7) is 6.97. The molecule has 0 aliphatic carbocycles. The number of benzene rings is 3. The first kappa shape index (κ1) is 39.6. The van der Waals surface area contributed by atoms with Gasteiger partial charge in [0.25, 0.3) is 17.7 Å². The highest BCUT2D eigenvalue weighted by Crippen LogP contribution is 2.34. The van der Waals surface area contributed by atoms with Crippen LogP contribution in [0.1, 0.15) is 120 Å². The molecule has 1 unspecified atom stereocenters. The molecule has 3 aromatic carbocycles. The molecule has 0 radical (unpaired) electrons. The summed E-state index contributed by atoms with van der Waals surface area (Å²) < 4.78 is 5.98. The molecule has 0 spiro atoms. The maximum atomic E-state index is 13.3. The molecule has 5 aliphatic heterocycles. The van der Waals surface area contributed by atoms with E-state index >= 15 is 0 Å². The molecule has 0 bridgehead atoms. The molecule has 4 aromatic rings. The van der Waals surface area contributed by atoms with Crippen molar-refractivity contribution in [1.82, 2.24) is 25.0 Å². The van der Waals surface area contributed by atoms with Crippen LogP contribution in [0.3, 0.4) is 0 Å². The van der Waals surface area contributed by atoms with Gasteiger partial charge in [-0.15, -0.1) is 0 Å². The Morgan fingerprint density at radius 1 is 0.833 bits per heavy atom. The zero-order chi connectivity index (χ0) is 41.5. The van der Waals surface area contributed by atoms with Crippen LogP contribution in [0, 0.1) is 5.92 Å². The summed E-state index contributed by atoms with van der Waals surface area (Å²) in [7, 11) is 0. The van der Waals surface area contributed by atoms with Gasteiger partial charge in [-0.2, -0.15) is 0 Å². The second-order valence-electron chi connectivity index (χ2n) is 17.1. The zero-order valence-electron chi connectivity index (χ0n) is 34.0. The van der Waals surface area contributed by atoms with E-state index in [1.54, 1.807) is 12.1 Å². The van der Waals surface area contributed by atoms with Crippen LogP contribution in [-0.4, -0.2) is 99.9 Å². The summed E-state index contributed by atoms with van der Waals surface area (Å²) >= 11 is 0. The van der Waals surface area contributed by atoms with Gasteiger partial charge in [0.2, 0.25) is 23.6 Å². The van der Waals surface area contributed by atoms with Crippen molar-refractivity contribution in [3.8, 4) is 0 Å². The van der Waals surface area contributed by atoms with Crippen molar-refractivity contribution in [2.45, 2.75) is 95.7 Å². The number of carbonyl (C=O) groups excluding carboxylic acids is 6. The average molecular weight is 814 g/mol. The quantitative estimate of drug-likeness (QED) is 0.185.